The van der Waals surface area contributed by atoms with Crippen LogP contribution in [0.15, 0.2) is 30.3 Å². The van der Waals surface area contributed by atoms with Gasteiger partial charge in [-0.3, -0.25) is 9.59 Å². The molecule has 0 heterocycles. The first-order chi connectivity index (χ1) is 11.6. The Labute approximate surface area is 145 Å². The van der Waals surface area contributed by atoms with E-state index in [0.29, 0.717) is 26.1 Å². The zero-order chi connectivity index (χ0) is 17.8. The molecule has 1 rings (SSSR count). The van der Waals surface area contributed by atoms with Crippen LogP contribution in [0.5, 0.6) is 0 Å². The number of ether oxygens (including phenoxy) is 2. The first-order valence-electron chi connectivity index (χ1n) is 8.99. The molecule has 0 N–H and O–H groups in total. The molecule has 0 bridgehead atoms. The Kier molecular flexibility index (Phi) is 9.13. The zero-order valence-electron chi connectivity index (χ0n) is 15.2. The summed E-state index contributed by atoms with van der Waals surface area (Å²) in [4.78, 5) is 25.6. The molecule has 0 saturated carbocycles. The van der Waals surface area contributed by atoms with Gasteiger partial charge in [0, 0.05) is 0 Å². The van der Waals surface area contributed by atoms with Crippen molar-refractivity contribution in [1.82, 2.24) is 0 Å². The number of unbranched alkanes of at least 4 members (excludes halogenated alkanes) is 1. The van der Waals surface area contributed by atoms with Gasteiger partial charge in [-0.05, 0) is 31.2 Å². The summed E-state index contributed by atoms with van der Waals surface area (Å²) in [5.41, 5.74) is -0.308. The van der Waals surface area contributed by atoms with Crippen LogP contribution in [0.25, 0.3) is 0 Å². The van der Waals surface area contributed by atoms with E-state index in [2.05, 4.69) is 0 Å². The van der Waals surface area contributed by atoms with E-state index in [1.54, 1.807) is 0 Å². The molecular formula is C20H30O4. The summed E-state index contributed by atoms with van der Waals surface area (Å²) in [6.07, 6.45) is 3.90. The van der Waals surface area contributed by atoms with Gasteiger partial charge in [0.05, 0.1) is 13.2 Å². The summed E-state index contributed by atoms with van der Waals surface area (Å²) in [6, 6.07) is 9.60. The molecule has 134 valence electrons. The van der Waals surface area contributed by atoms with Gasteiger partial charge in [0.15, 0.2) is 5.41 Å². The Bertz CT molecular complexity index is 476. The smallest absolute Gasteiger partial charge is 0.323 e. The van der Waals surface area contributed by atoms with Crippen LogP contribution in [0.2, 0.25) is 0 Å². The molecule has 0 aromatic heterocycles. The lowest BCUT2D eigenvalue weighted by molar-refractivity contribution is -0.173. The van der Waals surface area contributed by atoms with E-state index in [9.17, 15) is 9.59 Å². The Morgan fingerprint density at radius 1 is 0.875 bits per heavy atom. The van der Waals surface area contributed by atoms with E-state index in [1.165, 1.54) is 0 Å². The number of hydrogen-bond acceptors (Lipinski definition) is 4. The number of carbonyl (C=O) groups excluding carboxylic acids is 2. The molecule has 4 nitrogen and oxygen atoms in total. The highest BCUT2D eigenvalue weighted by Crippen LogP contribution is 2.33. The molecule has 0 fully saturated rings. The normalized spacial score (nSPS) is 11.1. The first-order valence-corrected chi connectivity index (χ1v) is 8.99. The van der Waals surface area contributed by atoms with Crippen LogP contribution in [0, 0.1) is 5.41 Å². The van der Waals surface area contributed by atoms with Crippen molar-refractivity contribution in [1.29, 1.82) is 0 Å². The molecule has 0 radical (unpaired) electrons. The lowest BCUT2D eigenvalue weighted by atomic mass is 9.77. The van der Waals surface area contributed by atoms with Crippen molar-refractivity contribution in [3.8, 4) is 0 Å². The SMILES string of the molecule is CCCCC(Cc1ccccc1)(C(=O)OCCC)C(=O)OCCC. The van der Waals surface area contributed by atoms with E-state index in [-0.39, 0.29) is 0 Å². The molecular weight excluding hydrogens is 304 g/mol. The van der Waals surface area contributed by atoms with Crippen LogP contribution in [0.4, 0.5) is 0 Å². The van der Waals surface area contributed by atoms with E-state index < -0.39 is 17.4 Å². The van der Waals surface area contributed by atoms with Gasteiger partial charge in [-0.1, -0.05) is 63.9 Å². The van der Waals surface area contributed by atoms with Gasteiger partial charge in [0.2, 0.25) is 0 Å². The Morgan fingerprint density at radius 2 is 1.42 bits per heavy atom. The Balaban J connectivity index is 3.14. The highest BCUT2D eigenvalue weighted by molar-refractivity contribution is 6.00. The number of carbonyl (C=O) groups is 2. The summed E-state index contributed by atoms with van der Waals surface area (Å²) in [7, 11) is 0. The van der Waals surface area contributed by atoms with Crippen LogP contribution >= 0.6 is 0 Å². The maximum atomic E-state index is 12.8. The minimum absolute atomic E-state index is 0.318. The third-order valence-corrected chi connectivity index (χ3v) is 3.96. The second-order valence-corrected chi connectivity index (χ2v) is 6.12. The highest BCUT2D eigenvalue weighted by Gasteiger charge is 2.48. The van der Waals surface area contributed by atoms with E-state index in [4.69, 9.17) is 9.47 Å². The molecule has 0 aliphatic carbocycles. The molecule has 0 aliphatic rings. The van der Waals surface area contributed by atoms with Gasteiger partial charge in [-0.25, -0.2) is 0 Å². The minimum Gasteiger partial charge on any atom is -0.465 e. The zero-order valence-corrected chi connectivity index (χ0v) is 15.2. The maximum absolute atomic E-state index is 12.8. The topological polar surface area (TPSA) is 52.6 Å². The van der Waals surface area contributed by atoms with Crippen LogP contribution in [-0.2, 0) is 25.5 Å². The summed E-state index contributed by atoms with van der Waals surface area (Å²) in [5.74, 6) is -0.912. The van der Waals surface area contributed by atoms with Crippen LogP contribution in [0.3, 0.4) is 0 Å². The van der Waals surface area contributed by atoms with Crippen LogP contribution in [-0.4, -0.2) is 25.2 Å². The standard InChI is InChI=1S/C20H30O4/c1-4-7-13-20(18(21)23-14-5-2,19(22)24-15-6-3)16-17-11-9-8-10-12-17/h8-12H,4-7,13-16H2,1-3H3. The van der Waals surface area contributed by atoms with E-state index in [1.807, 2.05) is 51.1 Å². The second-order valence-electron chi connectivity index (χ2n) is 6.12. The van der Waals surface area contributed by atoms with Crippen molar-refractivity contribution in [2.45, 2.75) is 59.3 Å². The van der Waals surface area contributed by atoms with Crippen LogP contribution < -0.4 is 0 Å². The highest BCUT2D eigenvalue weighted by atomic mass is 16.6. The third kappa shape index (κ3) is 5.66. The number of rotatable bonds is 11. The number of esters is 2. The maximum Gasteiger partial charge on any atom is 0.323 e. The third-order valence-electron chi connectivity index (χ3n) is 3.96. The number of hydrogen-bond donors (Lipinski definition) is 0. The fourth-order valence-corrected chi connectivity index (χ4v) is 2.61. The molecule has 4 heteroatoms. The molecule has 0 spiro atoms. The predicted octanol–water partition coefficient (Wildman–Crippen LogP) is 4.31. The molecule has 0 atom stereocenters. The van der Waals surface area contributed by atoms with E-state index in [0.717, 1.165) is 31.2 Å². The molecule has 1 aromatic carbocycles. The monoisotopic (exact) mass is 334 g/mol. The van der Waals surface area contributed by atoms with Crippen molar-refractivity contribution in [3.05, 3.63) is 35.9 Å². The van der Waals surface area contributed by atoms with Gasteiger partial charge in [-0.2, -0.15) is 0 Å². The van der Waals surface area contributed by atoms with Crippen molar-refractivity contribution in [2.24, 2.45) is 5.41 Å². The first kappa shape index (κ1) is 20.2. The summed E-state index contributed by atoms with van der Waals surface area (Å²) < 4.78 is 10.8. The van der Waals surface area contributed by atoms with E-state index >= 15 is 0 Å². The Hall–Kier alpha value is -1.84. The van der Waals surface area contributed by atoms with Crippen molar-refractivity contribution >= 4 is 11.9 Å². The fourth-order valence-electron chi connectivity index (χ4n) is 2.61. The summed E-state index contributed by atoms with van der Waals surface area (Å²) >= 11 is 0. The Morgan fingerprint density at radius 3 is 1.88 bits per heavy atom. The minimum atomic E-state index is -1.25. The van der Waals surface area contributed by atoms with Crippen LogP contribution in [0.1, 0.15) is 58.4 Å². The van der Waals surface area contributed by atoms with Gasteiger partial charge >= 0.3 is 11.9 Å². The molecule has 1 aromatic rings. The lowest BCUT2D eigenvalue weighted by Gasteiger charge is -2.29. The van der Waals surface area contributed by atoms with Gasteiger partial charge in [0.25, 0.3) is 0 Å². The van der Waals surface area contributed by atoms with Crippen molar-refractivity contribution in [2.75, 3.05) is 13.2 Å². The molecule has 0 unspecified atom stereocenters. The molecule has 0 saturated heterocycles. The summed E-state index contributed by atoms with van der Waals surface area (Å²) in [6.45, 7) is 6.56. The van der Waals surface area contributed by atoms with Gasteiger partial charge in [0.1, 0.15) is 0 Å². The molecule has 24 heavy (non-hydrogen) atoms. The lowest BCUT2D eigenvalue weighted by Crippen LogP contribution is -2.44. The predicted molar refractivity (Wildman–Crippen MR) is 94.6 cm³/mol. The second kappa shape index (κ2) is 10.8. The molecule has 0 amide bonds. The van der Waals surface area contributed by atoms with Gasteiger partial charge < -0.3 is 9.47 Å². The number of benzene rings is 1. The average Bonchev–Trinajstić information content (AvgIpc) is 2.61. The largest absolute Gasteiger partial charge is 0.465 e. The summed E-state index contributed by atoms with van der Waals surface area (Å²) in [5, 5.41) is 0. The van der Waals surface area contributed by atoms with Crippen molar-refractivity contribution < 1.29 is 19.1 Å². The van der Waals surface area contributed by atoms with Gasteiger partial charge in [-0.15, -0.1) is 0 Å². The fraction of sp³-hybridized carbons (Fsp3) is 0.600. The molecule has 0 aliphatic heterocycles. The average molecular weight is 334 g/mol. The quantitative estimate of drug-likeness (QED) is 0.447. The van der Waals surface area contributed by atoms with Crippen molar-refractivity contribution in [3.63, 3.8) is 0 Å².